The van der Waals surface area contributed by atoms with Crippen LogP contribution in [-0.4, -0.2) is 13.2 Å². The molecule has 1 aromatic rings. The van der Waals surface area contributed by atoms with E-state index in [2.05, 4.69) is 59.9 Å². The second kappa shape index (κ2) is 10.1. The summed E-state index contributed by atoms with van der Waals surface area (Å²) >= 11 is 3.63. The Morgan fingerprint density at radius 3 is 2.85 bits per heavy atom. The SMILES string of the molecule is C=CCCCOCc1ccc(CNCC(C)C)cc1Br. The van der Waals surface area contributed by atoms with Crippen molar-refractivity contribution < 1.29 is 4.74 Å². The highest BCUT2D eigenvalue weighted by atomic mass is 79.9. The van der Waals surface area contributed by atoms with Crippen molar-refractivity contribution >= 4 is 15.9 Å². The van der Waals surface area contributed by atoms with Gasteiger partial charge >= 0.3 is 0 Å². The van der Waals surface area contributed by atoms with Gasteiger partial charge < -0.3 is 10.1 Å². The zero-order chi connectivity index (χ0) is 14.8. The van der Waals surface area contributed by atoms with Crippen LogP contribution in [0, 0.1) is 5.92 Å². The Kier molecular flexibility index (Phi) is 8.83. The Hall–Kier alpha value is -0.640. The van der Waals surface area contributed by atoms with Crippen LogP contribution in [0.3, 0.4) is 0 Å². The molecule has 0 amide bonds. The molecule has 0 aliphatic carbocycles. The smallest absolute Gasteiger partial charge is 0.0727 e. The molecule has 0 heterocycles. The van der Waals surface area contributed by atoms with E-state index < -0.39 is 0 Å². The van der Waals surface area contributed by atoms with Gasteiger partial charge in [-0.25, -0.2) is 0 Å². The van der Waals surface area contributed by atoms with E-state index in [4.69, 9.17) is 4.74 Å². The van der Waals surface area contributed by atoms with Crippen LogP contribution in [0.2, 0.25) is 0 Å². The molecule has 0 saturated carbocycles. The summed E-state index contributed by atoms with van der Waals surface area (Å²) in [6.07, 6.45) is 3.98. The second-order valence-corrected chi connectivity index (χ2v) is 6.29. The molecule has 0 spiro atoms. The molecule has 0 fully saturated rings. The summed E-state index contributed by atoms with van der Waals surface area (Å²) in [4.78, 5) is 0. The van der Waals surface area contributed by atoms with Gasteiger partial charge in [-0.2, -0.15) is 0 Å². The minimum Gasteiger partial charge on any atom is -0.377 e. The van der Waals surface area contributed by atoms with Gasteiger partial charge in [0.15, 0.2) is 0 Å². The number of allylic oxidation sites excluding steroid dienone is 1. The molecule has 0 bridgehead atoms. The normalized spacial score (nSPS) is 11.0. The molecule has 1 aromatic carbocycles. The minimum absolute atomic E-state index is 0.664. The highest BCUT2D eigenvalue weighted by Crippen LogP contribution is 2.19. The van der Waals surface area contributed by atoms with Crippen molar-refractivity contribution in [2.45, 2.75) is 39.8 Å². The van der Waals surface area contributed by atoms with E-state index in [1.54, 1.807) is 0 Å². The predicted octanol–water partition coefficient (Wildman–Crippen LogP) is 4.68. The largest absolute Gasteiger partial charge is 0.377 e. The van der Waals surface area contributed by atoms with Gasteiger partial charge in [-0.05, 0) is 42.5 Å². The first-order valence-corrected chi connectivity index (χ1v) is 8.09. The summed E-state index contributed by atoms with van der Waals surface area (Å²) in [7, 11) is 0. The van der Waals surface area contributed by atoms with Gasteiger partial charge in [-0.3, -0.25) is 0 Å². The Balaban J connectivity index is 2.36. The lowest BCUT2D eigenvalue weighted by Gasteiger charge is -2.10. The molecular weight excluding hydrogens is 314 g/mol. The lowest BCUT2D eigenvalue weighted by atomic mass is 10.1. The Bertz CT molecular complexity index is 404. The summed E-state index contributed by atoms with van der Waals surface area (Å²) in [6, 6.07) is 6.49. The molecule has 0 aliphatic heterocycles. The van der Waals surface area contributed by atoms with Gasteiger partial charge in [-0.1, -0.05) is 48.0 Å². The van der Waals surface area contributed by atoms with E-state index >= 15 is 0 Å². The lowest BCUT2D eigenvalue weighted by molar-refractivity contribution is 0.118. The van der Waals surface area contributed by atoms with Crippen molar-refractivity contribution in [3.05, 3.63) is 46.5 Å². The zero-order valence-electron chi connectivity index (χ0n) is 12.6. The fourth-order valence-electron chi connectivity index (χ4n) is 1.83. The van der Waals surface area contributed by atoms with Crippen molar-refractivity contribution in [2.24, 2.45) is 5.92 Å². The molecule has 0 unspecified atom stereocenters. The maximum Gasteiger partial charge on any atom is 0.0727 e. The average Bonchev–Trinajstić information content (AvgIpc) is 2.40. The number of ether oxygens (including phenoxy) is 1. The quantitative estimate of drug-likeness (QED) is 0.493. The van der Waals surface area contributed by atoms with Crippen molar-refractivity contribution in [1.82, 2.24) is 5.32 Å². The van der Waals surface area contributed by atoms with Crippen LogP contribution in [0.15, 0.2) is 35.3 Å². The van der Waals surface area contributed by atoms with Crippen LogP contribution in [-0.2, 0) is 17.9 Å². The Morgan fingerprint density at radius 1 is 1.40 bits per heavy atom. The van der Waals surface area contributed by atoms with E-state index in [1.807, 2.05) is 6.08 Å². The summed E-state index contributed by atoms with van der Waals surface area (Å²) in [6.45, 7) is 11.6. The minimum atomic E-state index is 0.664. The molecule has 0 atom stereocenters. The van der Waals surface area contributed by atoms with Crippen molar-refractivity contribution in [3.8, 4) is 0 Å². The average molecular weight is 340 g/mol. The topological polar surface area (TPSA) is 21.3 Å². The molecule has 0 radical (unpaired) electrons. The summed E-state index contributed by atoms with van der Waals surface area (Å²) < 4.78 is 6.79. The van der Waals surface area contributed by atoms with Gasteiger partial charge in [0.1, 0.15) is 0 Å². The van der Waals surface area contributed by atoms with Gasteiger partial charge in [0.05, 0.1) is 6.61 Å². The number of hydrogen-bond donors (Lipinski definition) is 1. The van der Waals surface area contributed by atoms with Crippen LogP contribution in [0.1, 0.15) is 37.8 Å². The third-order valence-corrected chi connectivity index (χ3v) is 3.69. The van der Waals surface area contributed by atoms with Crippen LogP contribution >= 0.6 is 15.9 Å². The zero-order valence-corrected chi connectivity index (χ0v) is 14.2. The number of benzene rings is 1. The molecule has 0 aliphatic rings. The first kappa shape index (κ1) is 17.4. The number of rotatable bonds is 10. The Labute approximate surface area is 131 Å². The van der Waals surface area contributed by atoms with E-state index in [9.17, 15) is 0 Å². The monoisotopic (exact) mass is 339 g/mol. The molecule has 0 aromatic heterocycles. The predicted molar refractivity (Wildman–Crippen MR) is 89.8 cm³/mol. The molecule has 2 nitrogen and oxygen atoms in total. The fraction of sp³-hybridized carbons (Fsp3) is 0.529. The molecule has 1 N–H and O–H groups in total. The van der Waals surface area contributed by atoms with Crippen LogP contribution in [0.25, 0.3) is 0 Å². The lowest BCUT2D eigenvalue weighted by Crippen LogP contribution is -2.18. The second-order valence-electron chi connectivity index (χ2n) is 5.43. The van der Waals surface area contributed by atoms with E-state index in [0.717, 1.165) is 37.0 Å². The highest BCUT2D eigenvalue weighted by molar-refractivity contribution is 9.10. The Morgan fingerprint density at radius 2 is 2.20 bits per heavy atom. The third-order valence-electron chi connectivity index (χ3n) is 2.95. The molecular formula is C17H26BrNO. The molecule has 3 heteroatoms. The maximum absolute atomic E-state index is 5.66. The number of hydrogen-bond acceptors (Lipinski definition) is 2. The number of halogens is 1. The van der Waals surface area contributed by atoms with E-state index in [0.29, 0.717) is 12.5 Å². The van der Waals surface area contributed by atoms with Crippen molar-refractivity contribution in [3.63, 3.8) is 0 Å². The van der Waals surface area contributed by atoms with E-state index in [-0.39, 0.29) is 0 Å². The summed E-state index contributed by atoms with van der Waals surface area (Å²) in [5, 5.41) is 3.45. The highest BCUT2D eigenvalue weighted by Gasteiger charge is 2.02. The van der Waals surface area contributed by atoms with Gasteiger partial charge in [0.25, 0.3) is 0 Å². The van der Waals surface area contributed by atoms with Crippen LogP contribution in [0.4, 0.5) is 0 Å². The summed E-state index contributed by atoms with van der Waals surface area (Å²) in [5.74, 6) is 0.682. The van der Waals surface area contributed by atoms with Gasteiger partial charge in [0, 0.05) is 17.6 Å². The number of unbranched alkanes of at least 4 members (excludes halogenated alkanes) is 1. The van der Waals surface area contributed by atoms with Crippen LogP contribution < -0.4 is 5.32 Å². The van der Waals surface area contributed by atoms with E-state index in [1.165, 1.54) is 11.1 Å². The molecule has 0 saturated heterocycles. The van der Waals surface area contributed by atoms with Crippen molar-refractivity contribution in [1.29, 1.82) is 0 Å². The third kappa shape index (κ3) is 7.22. The molecule has 20 heavy (non-hydrogen) atoms. The molecule has 1 rings (SSSR count). The standard InChI is InChI=1S/C17H26BrNO/c1-4-5-6-9-20-13-16-8-7-15(10-17(16)18)12-19-11-14(2)3/h4,7-8,10,14,19H,1,5-6,9,11-13H2,2-3H3. The fourth-order valence-corrected chi connectivity index (χ4v) is 2.38. The van der Waals surface area contributed by atoms with Gasteiger partial charge in [0.2, 0.25) is 0 Å². The van der Waals surface area contributed by atoms with Gasteiger partial charge in [-0.15, -0.1) is 6.58 Å². The first-order valence-electron chi connectivity index (χ1n) is 7.30. The first-order chi connectivity index (χ1) is 9.63. The summed E-state index contributed by atoms with van der Waals surface area (Å²) in [5.41, 5.74) is 2.50. The number of nitrogens with one attached hydrogen (secondary N) is 1. The maximum atomic E-state index is 5.66. The van der Waals surface area contributed by atoms with Crippen molar-refractivity contribution in [2.75, 3.05) is 13.2 Å². The molecule has 112 valence electrons. The van der Waals surface area contributed by atoms with Crippen LogP contribution in [0.5, 0.6) is 0 Å².